The number of aromatic nitrogens is 1. The van der Waals surface area contributed by atoms with Crippen molar-refractivity contribution in [3.05, 3.63) is 72.1 Å². The van der Waals surface area contributed by atoms with Crippen molar-refractivity contribution in [2.24, 2.45) is 5.92 Å². The first-order valence-corrected chi connectivity index (χ1v) is 13.6. The number of carbonyl (C=O) groups is 3. The molecule has 42 heavy (non-hydrogen) atoms. The number of aliphatic hydroxyl groups is 1. The van der Waals surface area contributed by atoms with Gasteiger partial charge in [-0.15, -0.1) is 0 Å². The molecule has 0 saturated heterocycles. The zero-order chi connectivity index (χ0) is 29.8. The number of benzene rings is 2. The number of urea groups is 1. The Bertz CT molecular complexity index is 1470. The van der Waals surface area contributed by atoms with Crippen LogP contribution in [0.5, 0.6) is 17.2 Å². The number of anilines is 2. The van der Waals surface area contributed by atoms with E-state index in [1.165, 1.54) is 17.3 Å². The highest BCUT2D eigenvalue weighted by atomic mass is 16.7. The average molecular weight is 576 g/mol. The van der Waals surface area contributed by atoms with Gasteiger partial charge in [0.05, 0.1) is 30.4 Å². The van der Waals surface area contributed by atoms with Gasteiger partial charge in [0, 0.05) is 49.2 Å². The maximum Gasteiger partial charge on any atom is 0.321 e. The van der Waals surface area contributed by atoms with E-state index in [9.17, 15) is 19.5 Å². The summed E-state index contributed by atoms with van der Waals surface area (Å²) >= 11 is 0. The molecule has 0 aliphatic carbocycles. The summed E-state index contributed by atoms with van der Waals surface area (Å²) in [5.41, 5.74) is 1.49. The second-order valence-electron chi connectivity index (χ2n) is 10.4. The zero-order valence-electron chi connectivity index (χ0n) is 23.6. The van der Waals surface area contributed by atoms with E-state index in [1.807, 2.05) is 6.92 Å². The monoisotopic (exact) mass is 575 g/mol. The summed E-state index contributed by atoms with van der Waals surface area (Å²) in [7, 11) is 1.65. The zero-order valence-corrected chi connectivity index (χ0v) is 23.6. The van der Waals surface area contributed by atoms with E-state index in [2.05, 4.69) is 15.6 Å². The van der Waals surface area contributed by atoms with E-state index in [1.54, 1.807) is 67.4 Å². The first kappa shape index (κ1) is 28.7. The molecular weight excluding hydrogens is 542 g/mol. The van der Waals surface area contributed by atoms with Gasteiger partial charge < -0.3 is 39.8 Å². The smallest absolute Gasteiger partial charge is 0.321 e. The van der Waals surface area contributed by atoms with Gasteiger partial charge in [0.2, 0.25) is 6.79 Å². The topological polar surface area (TPSA) is 143 Å². The standard InChI is InChI=1S/C30H33N5O7/c1-18-14-35(19(2)16-36)29(38)22-5-4-6-23(33-28(37)20-9-11-31-12-10-20)27(22)42-26(18)15-34(3)30(39)32-21-7-8-24-25(13-21)41-17-40-24/h4-13,18-19,26,36H,14-17H2,1-3H3,(H,32,39)(H,33,37)/t18-,19+,26-/m1/s1. The third-order valence-corrected chi connectivity index (χ3v) is 7.31. The number of nitrogens with one attached hydrogen (secondary N) is 2. The Kier molecular flexibility index (Phi) is 8.43. The second-order valence-corrected chi connectivity index (χ2v) is 10.4. The van der Waals surface area contributed by atoms with Gasteiger partial charge in [0.15, 0.2) is 17.2 Å². The number of carbonyl (C=O) groups excluding carboxylic acids is 3. The SMILES string of the molecule is C[C@@H]1CN([C@@H](C)CO)C(=O)c2cccc(NC(=O)c3ccncc3)c2O[C@@H]1CN(C)C(=O)Nc1ccc2c(c1)OCO2. The molecule has 2 aliphatic heterocycles. The van der Waals surface area contributed by atoms with Crippen LogP contribution < -0.4 is 24.8 Å². The summed E-state index contributed by atoms with van der Waals surface area (Å²) in [4.78, 5) is 46.9. The largest absolute Gasteiger partial charge is 0.485 e. The van der Waals surface area contributed by atoms with Gasteiger partial charge in [-0.2, -0.15) is 0 Å². The van der Waals surface area contributed by atoms with Gasteiger partial charge in [-0.25, -0.2) is 4.79 Å². The number of rotatable bonds is 7. The quantitative estimate of drug-likeness (QED) is 0.389. The van der Waals surface area contributed by atoms with E-state index in [0.717, 1.165) is 0 Å². The van der Waals surface area contributed by atoms with E-state index < -0.39 is 18.1 Å². The van der Waals surface area contributed by atoms with Crippen LogP contribution in [-0.4, -0.2) is 83.4 Å². The van der Waals surface area contributed by atoms with Crippen LogP contribution in [0, 0.1) is 5.92 Å². The predicted octanol–water partition coefficient (Wildman–Crippen LogP) is 3.45. The Morgan fingerprint density at radius 2 is 1.88 bits per heavy atom. The minimum absolute atomic E-state index is 0.129. The number of hydrogen-bond donors (Lipinski definition) is 3. The Balaban J connectivity index is 1.41. The third kappa shape index (κ3) is 6.08. The number of amides is 4. The molecule has 2 aromatic carbocycles. The molecule has 220 valence electrons. The Labute approximate surface area is 243 Å². The Morgan fingerprint density at radius 3 is 2.64 bits per heavy atom. The Hall–Kier alpha value is -4.84. The molecule has 12 nitrogen and oxygen atoms in total. The number of nitrogens with zero attached hydrogens (tertiary/aromatic N) is 3. The molecule has 0 unspecified atom stereocenters. The van der Waals surface area contributed by atoms with Crippen molar-refractivity contribution in [3.63, 3.8) is 0 Å². The Morgan fingerprint density at radius 1 is 1.12 bits per heavy atom. The van der Waals surface area contributed by atoms with Gasteiger partial charge in [-0.1, -0.05) is 13.0 Å². The normalized spacial score (nSPS) is 18.2. The lowest BCUT2D eigenvalue weighted by Crippen LogP contribution is -2.50. The van der Waals surface area contributed by atoms with Crippen molar-refractivity contribution in [2.75, 3.05) is 44.2 Å². The number of ether oxygens (including phenoxy) is 3. The van der Waals surface area contributed by atoms with Gasteiger partial charge in [-0.05, 0) is 43.3 Å². The van der Waals surface area contributed by atoms with Crippen molar-refractivity contribution < 1.29 is 33.7 Å². The average Bonchev–Trinajstić information content (AvgIpc) is 3.47. The van der Waals surface area contributed by atoms with Crippen LogP contribution in [0.1, 0.15) is 34.6 Å². The van der Waals surface area contributed by atoms with Crippen molar-refractivity contribution in [1.29, 1.82) is 0 Å². The fourth-order valence-corrected chi connectivity index (χ4v) is 4.80. The molecule has 0 saturated carbocycles. The fourth-order valence-electron chi connectivity index (χ4n) is 4.80. The molecule has 0 bridgehead atoms. The molecule has 0 radical (unpaired) electrons. The highest BCUT2D eigenvalue weighted by Crippen LogP contribution is 2.36. The van der Waals surface area contributed by atoms with Crippen LogP contribution in [-0.2, 0) is 0 Å². The number of pyridine rings is 1. The van der Waals surface area contributed by atoms with Crippen molar-refractivity contribution in [2.45, 2.75) is 26.0 Å². The summed E-state index contributed by atoms with van der Waals surface area (Å²) in [6, 6.07) is 12.4. The number of fused-ring (bicyclic) bond motifs is 2. The minimum Gasteiger partial charge on any atom is -0.485 e. The molecular formula is C30H33N5O7. The van der Waals surface area contributed by atoms with E-state index in [4.69, 9.17) is 14.2 Å². The van der Waals surface area contributed by atoms with Crippen molar-refractivity contribution >= 4 is 29.2 Å². The van der Waals surface area contributed by atoms with Crippen LogP contribution in [0.2, 0.25) is 0 Å². The summed E-state index contributed by atoms with van der Waals surface area (Å²) in [6.07, 6.45) is 2.46. The highest BCUT2D eigenvalue weighted by Gasteiger charge is 2.35. The van der Waals surface area contributed by atoms with E-state index in [0.29, 0.717) is 28.4 Å². The molecule has 3 N–H and O–H groups in total. The van der Waals surface area contributed by atoms with Crippen molar-refractivity contribution in [3.8, 4) is 17.2 Å². The van der Waals surface area contributed by atoms with Crippen LogP contribution in [0.3, 0.4) is 0 Å². The lowest BCUT2D eigenvalue weighted by Gasteiger charge is -2.38. The number of likely N-dealkylation sites (N-methyl/N-ethyl adjacent to an activating group) is 1. The van der Waals surface area contributed by atoms with Crippen molar-refractivity contribution in [1.82, 2.24) is 14.8 Å². The predicted molar refractivity (Wildman–Crippen MR) is 154 cm³/mol. The molecule has 4 amide bonds. The van der Waals surface area contributed by atoms with Crippen LogP contribution in [0.15, 0.2) is 60.9 Å². The number of para-hydroxylation sites is 1. The second kappa shape index (κ2) is 12.4. The molecule has 3 aromatic rings. The lowest BCUT2D eigenvalue weighted by molar-refractivity contribution is 0.0372. The lowest BCUT2D eigenvalue weighted by atomic mass is 9.99. The molecule has 3 heterocycles. The maximum absolute atomic E-state index is 13.7. The molecule has 3 atom stereocenters. The van der Waals surface area contributed by atoms with E-state index in [-0.39, 0.29) is 55.7 Å². The highest BCUT2D eigenvalue weighted by molar-refractivity contribution is 6.07. The van der Waals surface area contributed by atoms with Crippen LogP contribution >= 0.6 is 0 Å². The molecule has 0 spiro atoms. The van der Waals surface area contributed by atoms with Crippen LogP contribution in [0.25, 0.3) is 0 Å². The summed E-state index contributed by atoms with van der Waals surface area (Å²) in [6.45, 7) is 4.04. The fraction of sp³-hybridized carbons (Fsp3) is 0.333. The molecule has 12 heteroatoms. The number of aliphatic hydroxyl groups excluding tert-OH is 1. The van der Waals surface area contributed by atoms with Crippen LogP contribution in [0.4, 0.5) is 16.2 Å². The first-order valence-electron chi connectivity index (χ1n) is 13.6. The van der Waals surface area contributed by atoms with Gasteiger partial charge in [-0.3, -0.25) is 14.6 Å². The van der Waals surface area contributed by atoms with Gasteiger partial charge in [0.1, 0.15) is 6.10 Å². The summed E-state index contributed by atoms with van der Waals surface area (Å²) in [5, 5.41) is 15.6. The van der Waals surface area contributed by atoms with E-state index >= 15 is 0 Å². The maximum atomic E-state index is 13.7. The molecule has 0 fully saturated rings. The van der Waals surface area contributed by atoms with Gasteiger partial charge >= 0.3 is 6.03 Å². The van der Waals surface area contributed by atoms with Gasteiger partial charge in [0.25, 0.3) is 11.8 Å². The summed E-state index contributed by atoms with van der Waals surface area (Å²) < 4.78 is 17.2. The molecule has 5 rings (SSSR count). The minimum atomic E-state index is -0.572. The molecule has 1 aromatic heterocycles. The third-order valence-electron chi connectivity index (χ3n) is 7.31. The summed E-state index contributed by atoms with van der Waals surface area (Å²) in [5.74, 6) is 0.384. The number of hydrogen-bond acceptors (Lipinski definition) is 8. The molecule has 2 aliphatic rings. The first-order chi connectivity index (χ1) is 20.2.